The van der Waals surface area contributed by atoms with Gasteiger partial charge in [-0.1, -0.05) is 0 Å². The molecule has 1 N–H and O–H groups in total. The van der Waals surface area contributed by atoms with Crippen LogP contribution in [-0.2, 0) is 22.3 Å². The Morgan fingerprint density at radius 1 is 1.29 bits per heavy atom. The number of allylic oxidation sites excluding steroid dienone is 1. The molecule has 28 heavy (non-hydrogen) atoms. The molecule has 1 heterocycles. The molecule has 154 valence electrons. The monoisotopic (exact) mass is 397 g/mol. The summed E-state index contributed by atoms with van der Waals surface area (Å²) in [6, 6.07) is 3.34. The molecule has 0 bridgehead atoms. The van der Waals surface area contributed by atoms with Gasteiger partial charge in [-0.2, -0.15) is 13.2 Å². The number of rotatable bonds is 5. The van der Waals surface area contributed by atoms with Crippen LogP contribution >= 0.6 is 0 Å². The molecule has 0 saturated heterocycles. The predicted octanol–water partition coefficient (Wildman–Crippen LogP) is 4.97. The van der Waals surface area contributed by atoms with Crippen molar-refractivity contribution in [2.24, 2.45) is 5.92 Å². The van der Waals surface area contributed by atoms with E-state index in [-0.39, 0.29) is 23.9 Å². The highest BCUT2D eigenvalue weighted by Gasteiger charge is 2.52. The fourth-order valence-electron chi connectivity index (χ4n) is 3.45. The summed E-state index contributed by atoms with van der Waals surface area (Å²) in [7, 11) is 0. The molecule has 2 aliphatic rings. The first-order valence-electron chi connectivity index (χ1n) is 9.51. The van der Waals surface area contributed by atoms with Crippen LogP contribution in [-0.4, -0.2) is 17.1 Å². The molecule has 4 nitrogen and oxygen atoms in total. The number of benzene rings is 1. The summed E-state index contributed by atoms with van der Waals surface area (Å²) >= 11 is 0. The second-order valence-corrected chi connectivity index (χ2v) is 8.41. The second kappa shape index (κ2) is 7.33. The maximum atomic E-state index is 13.1. The van der Waals surface area contributed by atoms with Crippen molar-refractivity contribution in [1.29, 1.82) is 0 Å². The summed E-state index contributed by atoms with van der Waals surface area (Å²) in [6.07, 6.45) is 2.12. The summed E-state index contributed by atoms with van der Waals surface area (Å²) in [5.74, 6) is 0.202. The summed E-state index contributed by atoms with van der Waals surface area (Å²) < 4.78 is 51.0. The molecule has 0 spiro atoms. The van der Waals surface area contributed by atoms with E-state index in [1.165, 1.54) is 6.07 Å². The molecule has 7 heteroatoms. The molecule has 1 aromatic rings. The summed E-state index contributed by atoms with van der Waals surface area (Å²) in [5, 5.41) is 2.79. The van der Waals surface area contributed by atoms with Crippen LogP contribution in [0.5, 0.6) is 5.75 Å². The Kier molecular flexibility index (Phi) is 5.38. The van der Waals surface area contributed by atoms with Crippen LogP contribution in [0.3, 0.4) is 0 Å². The topological polar surface area (TPSA) is 47.6 Å². The quantitative estimate of drug-likeness (QED) is 0.763. The molecule has 1 amide bonds. The molecule has 1 atom stereocenters. The van der Waals surface area contributed by atoms with Gasteiger partial charge in [0.05, 0.1) is 11.8 Å². The van der Waals surface area contributed by atoms with Crippen LogP contribution in [0.15, 0.2) is 30.5 Å². The van der Waals surface area contributed by atoms with Crippen molar-refractivity contribution in [3.05, 3.63) is 41.7 Å². The van der Waals surface area contributed by atoms with E-state index >= 15 is 0 Å². The van der Waals surface area contributed by atoms with Gasteiger partial charge in [0.1, 0.15) is 11.4 Å². The highest BCUT2D eigenvalue weighted by molar-refractivity contribution is 5.86. The predicted molar refractivity (Wildman–Crippen MR) is 98.6 cm³/mol. The molecule has 0 unspecified atom stereocenters. The van der Waals surface area contributed by atoms with Crippen LogP contribution in [0, 0.1) is 5.92 Å². The zero-order valence-electron chi connectivity index (χ0n) is 16.4. The molecular weight excluding hydrogens is 371 g/mol. The third-order valence-corrected chi connectivity index (χ3v) is 4.92. The Bertz CT molecular complexity index is 763. The standard InChI is InChI=1S/C21H26F3NO3/c1-19(2,3)28-17-9-8-16(21(22,23)24)12-14(17)13-25-18(26)20(15-6-7-15)10-4-5-11-27-20/h5,8-9,11-12,15H,4,6-7,10,13H2,1-3H3,(H,25,26)/t20-/m0/s1. The van der Waals surface area contributed by atoms with E-state index in [9.17, 15) is 18.0 Å². The smallest absolute Gasteiger partial charge is 0.416 e. The van der Waals surface area contributed by atoms with Crippen LogP contribution in [0.25, 0.3) is 0 Å². The number of halogens is 3. The lowest BCUT2D eigenvalue weighted by atomic mass is 9.89. The zero-order valence-corrected chi connectivity index (χ0v) is 16.4. The van der Waals surface area contributed by atoms with Crippen LogP contribution in [0.1, 0.15) is 57.6 Å². The third kappa shape index (κ3) is 4.62. The molecule has 1 fully saturated rings. The van der Waals surface area contributed by atoms with Crippen LogP contribution < -0.4 is 10.1 Å². The molecule has 1 aliphatic heterocycles. The minimum Gasteiger partial charge on any atom is -0.488 e. The van der Waals surface area contributed by atoms with Gasteiger partial charge in [0.2, 0.25) is 0 Å². The van der Waals surface area contributed by atoms with E-state index in [0.717, 1.165) is 31.4 Å². The number of nitrogens with one attached hydrogen (secondary N) is 1. The average Bonchev–Trinajstić information content (AvgIpc) is 3.44. The van der Waals surface area contributed by atoms with Gasteiger partial charge < -0.3 is 14.8 Å². The number of carbonyl (C=O) groups excluding carboxylic acids is 1. The van der Waals surface area contributed by atoms with Gasteiger partial charge >= 0.3 is 6.18 Å². The molecule has 3 rings (SSSR count). The highest BCUT2D eigenvalue weighted by atomic mass is 19.4. The van der Waals surface area contributed by atoms with E-state index in [1.807, 2.05) is 26.8 Å². The number of amides is 1. The number of hydrogen-bond donors (Lipinski definition) is 1. The Hall–Kier alpha value is -2.18. The van der Waals surface area contributed by atoms with Crippen molar-refractivity contribution < 1.29 is 27.4 Å². The van der Waals surface area contributed by atoms with Gasteiger partial charge in [-0.15, -0.1) is 0 Å². The summed E-state index contributed by atoms with van der Waals surface area (Å²) in [4.78, 5) is 12.9. The van der Waals surface area contributed by atoms with Crippen molar-refractivity contribution in [3.8, 4) is 5.75 Å². The van der Waals surface area contributed by atoms with E-state index in [1.54, 1.807) is 6.26 Å². The van der Waals surface area contributed by atoms with Crippen molar-refractivity contribution in [1.82, 2.24) is 5.32 Å². The molecule has 0 aromatic heterocycles. The Morgan fingerprint density at radius 3 is 2.54 bits per heavy atom. The lowest BCUT2D eigenvalue weighted by Crippen LogP contribution is -2.50. The van der Waals surface area contributed by atoms with Gasteiger partial charge in [0.15, 0.2) is 5.60 Å². The maximum Gasteiger partial charge on any atom is 0.416 e. The molecule has 0 radical (unpaired) electrons. The minimum absolute atomic E-state index is 0.0598. The van der Waals surface area contributed by atoms with E-state index in [4.69, 9.17) is 9.47 Å². The lowest BCUT2D eigenvalue weighted by Gasteiger charge is -2.34. The summed E-state index contributed by atoms with van der Waals surface area (Å²) in [5.41, 5.74) is -1.98. The number of hydrogen-bond acceptors (Lipinski definition) is 3. The SMILES string of the molecule is CC(C)(C)Oc1ccc(C(F)(F)F)cc1CNC(=O)[C@@]1(C2CC2)CCC=CO1. The first kappa shape index (κ1) is 20.6. The number of ether oxygens (including phenoxy) is 2. The maximum absolute atomic E-state index is 13.1. The van der Waals surface area contributed by atoms with Crippen molar-refractivity contribution in [3.63, 3.8) is 0 Å². The fraction of sp³-hybridized carbons (Fsp3) is 0.571. The minimum atomic E-state index is -4.47. The Morgan fingerprint density at radius 2 is 2.00 bits per heavy atom. The highest BCUT2D eigenvalue weighted by Crippen LogP contribution is 2.46. The molecule has 1 aromatic carbocycles. The van der Waals surface area contributed by atoms with E-state index < -0.39 is 22.9 Å². The molecule has 1 saturated carbocycles. The van der Waals surface area contributed by atoms with Crippen LogP contribution in [0.4, 0.5) is 13.2 Å². The van der Waals surface area contributed by atoms with Crippen molar-refractivity contribution >= 4 is 5.91 Å². The Balaban J connectivity index is 1.81. The summed E-state index contributed by atoms with van der Waals surface area (Å²) in [6.45, 7) is 5.39. The van der Waals surface area contributed by atoms with Gasteiger partial charge in [0.25, 0.3) is 5.91 Å². The zero-order chi connectivity index (χ0) is 20.6. The molecule has 1 aliphatic carbocycles. The first-order chi connectivity index (χ1) is 13.0. The van der Waals surface area contributed by atoms with E-state index in [0.29, 0.717) is 12.2 Å². The van der Waals surface area contributed by atoms with Crippen LogP contribution in [0.2, 0.25) is 0 Å². The van der Waals surface area contributed by atoms with Gasteiger partial charge in [-0.3, -0.25) is 4.79 Å². The number of alkyl halides is 3. The average molecular weight is 397 g/mol. The van der Waals surface area contributed by atoms with E-state index in [2.05, 4.69) is 5.32 Å². The molecular formula is C21H26F3NO3. The number of carbonyl (C=O) groups is 1. The second-order valence-electron chi connectivity index (χ2n) is 8.41. The largest absolute Gasteiger partial charge is 0.488 e. The van der Waals surface area contributed by atoms with Crippen molar-refractivity contribution in [2.45, 2.75) is 70.4 Å². The van der Waals surface area contributed by atoms with Gasteiger partial charge in [-0.05, 0) is 64.3 Å². The fourth-order valence-corrected chi connectivity index (χ4v) is 3.45. The normalized spacial score (nSPS) is 22.5. The lowest BCUT2D eigenvalue weighted by molar-refractivity contribution is -0.145. The van der Waals surface area contributed by atoms with Gasteiger partial charge in [0, 0.05) is 24.4 Å². The third-order valence-electron chi connectivity index (χ3n) is 4.92. The first-order valence-corrected chi connectivity index (χ1v) is 9.51. The van der Waals surface area contributed by atoms with Gasteiger partial charge in [-0.25, -0.2) is 0 Å². The van der Waals surface area contributed by atoms with Crippen molar-refractivity contribution in [2.75, 3.05) is 0 Å². The Labute approximate surface area is 163 Å².